The molecule has 0 bridgehead atoms. The Morgan fingerprint density at radius 1 is 1.47 bits per heavy atom. The zero-order chi connectivity index (χ0) is 11.3. The first-order valence-electron chi connectivity index (χ1n) is 4.65. The Morgan fingerprint density at radius 3 is 2.73 bits per heavy atom. The second kappa shape index (κ2) is 5.06. The molecule has 0 saturated carbocycles. The molecule has 6 heteroatoms. The van der Waals surface area contributed by atoms with E-state index in [-0.39, 0.29) is 11.6 Å². The van der Waals surface area contributed by atoms with Gasteiger partial charge in [-0.3, -0.25) is 4.72 Å². The van der Waals surface area contributed by atoms with Crippen molar-refractivity contribution >= 4 is 15.8 Å². The molecule has 0 amide bonds. The van der Waals surface area contributed by atoms with Crippen LogP contribution in [0.25, 0.3) is 0 Å². The van der Waals surface area contributed by atoms with Gasteiger partial charge in [0.05, 0.1) is 11.9 Å². The summed E-state index contributed by atoms with van der Waals surface area (Å²) in [7, 11) is -3.34. The molecule has 0 aliphatic rings. The van der Waals surface area contributed by atoms with Crippen molar-refractivity contribution in [2.24, 2.45) is 0 Å². The number of anilines is 1. The highest BCUT2D eigenvalue weighted by atomic mass is 32.2. The predicted molar refractivity (Wildman–Crippen MR) is 56.5 cm³/mol. The van der Waals surface area contributed by atoms with Crippen molar-refractivity contribution in [1.82, 2.24) is 4.98 Å². The molecule has 0 aliphatic heterocycles. The van der Waals surface area contributed by atoms with Gasteiger partial charge in [0.1, 0.15) is 11.6 Å². The Kier molecular flexibility index (Phi) is 4.02. The Balaban J connectivity index is 2.65. The van der Waals surface area contributed by atoms with Crippen molar-refractivity contribution in [3.63, 3.8) is 0 Å². The van der Waals surface area contributed by atoms with Crippen LogP contribution in [0.1, 0.15) is 19.8 Å². The molecule has 84 valence electrons. The molecule has 0 aliphatic carbocycles. The molecule has 0 fully saturated rings. The lowest BCUT2D eigenvalue weighted by molar-refractivity contribution is 0.597. The molecule has 1 aromatic rings. The third kappa shape index (κ3) is 4.24. The van der Waals surface area contributed by atoms with Gasteiger partial charge < -0.3 is 0 Å². The van der Waals surface area contributed by atoms with E-state index in [1.807, 2.05) is 6.92 Å². The minimum absolute atomic E-state index is 0.0581. The maximum absolute atomic E-state index is 12.5. The van der Waals surface area contributed by atoms with Gasteiger partial charge >= 0.3 is 0 Å². The third-order valence-corrected chi connectivity index (χ3v) is 3.10. The summed E-state index contributed by atoms with van der Waals surface area (Å²) in [5, 5.41) is 0. The number of unbranched alkanes of at least 4 members (excludes halogenated alkanes) is 1. The van der Waals surface area contributed by atoms with Crippen LogP contribution in [0.4, 0.5) is 10.2 Å². The van der Waals surface area contributed by atoms with Crippen molar-refractivity contribution in [2.75, 3.05) is 10.5 Å². The van der Waals surface area contributed by atoms with Crippen LogP contribution in [0.15, 0.2) is 18.3 Å². The van der Waals surface area contributed by atoms with Crippen LogP contribution < -0.4 is 4.72 Å². The van der Waals surface area contributed by atoms with Crippen LogP contribution in [0.3, 0.4) is 0 Å². The molecule has 0 radical (unpaired) electrons. The van der Waals surface area contributed by atoms with Gasteiger partial charge in [-0.2, -0.15) is 0 Å². The Labute approximate surface area is 88.6 Å². The molecule has 0 spiro atoms. The van der Waals surface area contributed by atoms with Crippen molar-refractivity contribution in [2.45, 2.75) is 19.8 Å². The summed E-state index contributed by atoms with van der Waals surface area (Å²) in [6, 6.07) is 2.45. The molecule has 0 aromatic carbocycles. The first-order chi connectivity index (χ1) is 7.03. The first kappa shape index (κ1) is 11.9. The maximum atomic E-state index is 12.5. The minimum atomic E-state index is -3.34. The summed E-state index contributed by atoms with van der Waals surface area (Å²) in [6.07, 6.45) is 2.37. The quantitative estimate of drug-likeness (QED) is 0.841. The minimum Gasteiger partial charge on any atom is -0.267 e. The van der Waals surface area contributed by atoms with E-state index < -0.39 is 15.8 Å². The summed E-state index contributed by atoms with van der Waals surface area (Å²) >= 11 is 0. The van der Waals surface area contributed by atoms with E-state index >= 15 is 0 Å². The highest BCUT2D eigenvalue weighted by Gasteiger charge is 2.09. The van der Waals surface area contributed by atoms with Gasteiger partial charge in [-0.1, -0.05) is 13.3 Å². The highest BCUT2D eigenvalue weighted by Crippen LogP contribution is 2.07. The Bertz CT molecular complexity index is 403. The normalized spacial score (nSPS) is 11.3. The number of hydrogen-bond donors (Lipinski definition) is 1. The largest absolute Gasteiger partial charge is 0.267 e. The van der Waals surface area contributed by atoms with Gasteiger partial charge in [-0.05, 0) is 18.6 Å². The van der Waals surface area contributed by atoms with Crippen LogP contribution in [-0.2, 0) is 10.0 Å². The molecule has 0 saturated heterocycles. The van der Waals surface area contributed by atoms with Crippen LogP contribution in [0.5, 0.6) is 0 Å². The van der Waals surface area contributed by atoms with Gasteiger partial charge in [-0.25, -0.2) is 17.8 Å². The summed E-state index contributed by atoms with van der Waals surface area (Å²) in [4.78, 5) is 3.61. The molecule has 4 nitrogen and oxygen atoms in total. The second-order valence-corrected chi connectivity index (χ2v) is 4.98. The molecule has 1 rings (SSSR count). The lowest BCUT2D eigenvalue weighted by Gasteiger charge is -2.05. The number of halogens is 1. The fourth-order valence-corrected chi connectivity index (χ4v) is 2.19. The zero-order valence-electron chi connectivity index (χ0n) is 8.40. The van der Waals surface area contributed by atoms with E-state index in [1.165, 1.54) is 6.07 Å². The maximum Gasteiger partial charge on any atom is 0.233 e. The van der Waals surface area contributed by atoms with Crippen LogP contribution >= 0.6 is 0 Å². The van der Waals surface area contributed by atoms with E-state index in [4.69, 9.17) is 0 Å². The highest BCUT2D eigenvalue weighted by molar-refractivity contribution is 7.92. The van der Waals surface area contributed by atoms with E-state index in [2.05, 4.69) is 9.71 Å². The summed E-state index contributed by atoms with van der Waals surface area (Å²) in [5.74, 6) is -0.290. The zero-order valence-corrected chi connectivity index (χ0v) is 9.22. The molecular formula is C9H13FN2O2S. The number of nitrogens with one attached hydrogen (secondary N) is 1. The van der Waals surface area contributed by atoms with Crippen LogP contribution in [-0.4, -0.2) is 19.2 Å². The molecule has 15 heavy (non-hydrogen) atoms. The Hall–Kier alpha value is -1.17. The van der Waals surface area contributed by atoms with Gasteiger partial charge in [0.25, 0.3) is 0 Å². The smallest absolute Gasteiger partial charge is 0.233 e. The van der Waals surface area contributed by atoms with Gasteiger partial charge in [-0.15, -0.1) is 0 Å². The Morgan fingerprint density at radius 2 is 2.20 bits per heavy atom. The molecular weight excluding hydrogens is 219 g/mol. The van der Waals surface area contributed by atoms with Crippen molar-refractivity contribution in [3.05, 3.63) is 24.1 Å². The fraction of sp³-hybridized carbons (Fsp3) is 0.444. The first-order valence-corrected chi connectivity index (χ1v) is 6.31. The van der Waals surface area contributed by atoms with Crippen molar-refractivity contribution < 1.29 is 12.8 Å². The van der Waals surface area contributed by atoms with Crippen LogP contribution in [0.2, 0.25) is 0 Å². The standard InChI is InChI=1S/C9H13FN2O2S/c1-2-3-6-15(13,14)12-9-5-4-8(10)7-11-9/h4-5,7H,2-3,6H2,1H3,(H,11,12). The molecule has 0 atom stereocenters. The number of sulfonamides is 1. The predicted octanol–water partition coefficient (Wildman–Crippen LogP) is 1.76. The van der Waals surface area contributed by atoms with Crippen molar-refractivity contribution in [1.29, 1.82) is 0 Å². The summed E-state index contributed by atoms with van der Waals surface area (Å²) in [5.41, 5.74) is 0. The van der Waals surface area contributed by atoms with E-state index in [0.29, 0.717) is 6.42 Å². The average Bonchev–Trinajstić information content (AvgIpc) is 2.18. The van der Waals surface area contributed by atoms with E-state index in [0.717, 1.165) is 18.7 Å². The number of nitrogens with zero attached hydrogens (tertiary/aromatic N) is 1. The monoisotopic (exact) mass is 232 g/mol. The van der Waals surface area contributed by atoms with Gasteiger partial charge in [0, 0.05) is 0 Å². The lowest BCUT2D eigenvalue weighted by Crippen LogP contribution is -2.17. The molecule has 0 unspecified atom stereocenters. The van der Waals surface area contributed by atoms with Crippen molar-refractivity contribution in [3.8, 4) is 0 Å². The topological polar surface area (TPSA) is 59.1 Å². The number of rotatable bonds is 5. The summed E-state index contributed by atoms with van der Waals surface area (Å²) in [6.45, 7) is 1.91. The van der Waals surface area contributed by atoms with Gasteiger partial charge in [0.15, 0.2) is 0 Å². The lowest BCUT2D eigenvalue weighted by atomic mass is 10.4. The molecule has 1 aromatic heterocycles. The average molecular weight is 232 g/mol. The van der Waals surface area contributed by atoms with E-state index in [1.54, 1.807) is 0 Å². The molecule has 1 N–H and O–H groups in total. The second-order valence-electron chi connectivity index (χ2n) is 3.14. The van der Waals surface area contributed by atoms with Crippen LogP contribution in [0, 0.1) is 5.82 Å². The molecule has 1 heterocycles. The SMILES string of the molecule is CCCCS(=O)(=O)Nc1ccc(F)cn1. The number of aromatic nitrogens is 1. The van der Waals surface area contributed by atoms with E-state index in [9.17, 15) is 12.8 Å². The number of pyridine rings is 1. The van der Waals surface area contributed by atoms with Gasteiger partial charge in [0.2, 0.25) is 10.0 Å². The summed E-state index contributed by atoms with van der Waals surface area (Å²) < 4.78 is 37.6. The fourth-order valence-electron chi connectivity index (χ4n) is 0.981. The number of hydrogen-bond acceptors (Lipinski definition) is 3. The third-order valence-electron chi connectivity index (χ3n) is 1.75.